The molecule has 0 aliphatic heterocycles. The van der Waals surface area contributed by atoms with E-state index in [1.165, 1.54) is 17.4 Å². The van der Waals surface area contributed by atoms with Crippen LogP contribution in [0.1, 0.15) is 25.0 Å². The molecule has 1 aromatic heterocycles. The van der Waals surface area contributed by atoms with Crippen LogP contribution in [0.3, 0.4) is 0 Å². The van der Waals surface area contributed by atoms with Crippen LogP contribution >= 0.6 is 11.3 Å². The van der Waals surface area contributed by atoms with Gasteiger partial charge in [0.05, 0.1) is 5.56 Å². The second-order valence-corrected chi connectivity index (χ2v) is 5.03. The molecule has 0 atom stereocenters. The van der Waals surface area contributed by atoms with Crippen molar-refractivity contribution in [3.8, 4) is 0 Å². The second kappa shape index (κ2) is 4.18. The minimum Gasteiger partial charge on any atom is -0.166 e. The van der Waals surface area contributed by atoms with Crippen LogP contribution in [0.4, 0.5) is 13.2 Å². The molecule has 0 radical (unpaired) electrons. The molecule has 17 heavy (non-hydrogen) atoms. The van der Waals surface area contributed by atoms with E-state index in [4.69, 9.17) is 0 Å². The number of thiophene rings is 1. The highest BCUT2D eigenvalue weighted by Gasteiger charge is 2.30. The molecule has 0 aliphatic rings. The van der Waals surface area contributed by atoms with Gasteiger partial charge in [-0.3, -0.25) is 0 Å². The molecular formula is C13H11F3S. The Labute approximate surface area is 101 Å². The minimum atomic E-state index is -4.27. The highest BCUT2D eigenvalue weighted by molar-refractivity contribution is 7.17. The first kappa shape index (κ1) is 12.2. The third-order valence-electron chi connectivity index (χ3n) is 2.38. The Morgan fingerprint density at radius 2 is 1.94 bits per heavy atom. The normalized spacial score (nSPS) is 11.8. The fraction of sp³-hybridized carbons (Fsp3) is 0.231. The number of hydrogen-bond acceptors (Lipinski definition) is 1. The maximum atomic E-state index is 12.5. The molecule has 2 rings (SSSR count). The van der Waals surface area contributed by atoms with E-state index in [0.29, 0.717) is 4.70 Å². The predicted molar refractivity (Wildman–Crippen MR) is 66.2 cm³/mol. The van der Waals surface area contributed by atoms with Crippen LogP contribution in [0.15, 0.2) is 29.2 Å². The Morgan fingerprint density at radius 3 is 2.53 bits per heavy atom. The van der Waals surface area contributed by atoms with Crippen molar-refractivity contribution in [2.24, 2.45) is 0 Å². The number of allylic oxidation sites excluding steroid dienone is 1. The lowest BCUT2D eigenvalue weighted by Gasteiger charge is -2.06. The first-order valence-corrected chi connectivity index (χ1v) is 5.99. The number of hydrogen-bond donors (Lipinski definition) is 0. The van der Waals surface area contributed by atoms with Gasteiger partial charge in [-0.15, -0.1) is 11.3 Å². The van der Waals surface area contributed by atoms with Crippen LogP contribution < -0.4 is 0 Å². The van der Waals surface area contributed by atoms with Crippen LogP contribution in [0.2, 0.25) is 0 Å². The molecule has 0 spiro atoms. The zero-order valence-electron chi connectivity index (χ0n) is 9.43. The standard InChI is InChI=1S/C13H11F3S/c1-8(2)5-9-7-17-12-6-10(13(14,15)16)3-4-11(9)12/h3-7H,1-2H3. The van der Waals surface area contributed by atoms with E-state index in [1.54, 1.807) is 6.07 Å². The summed E-state index contributed by atoms with van der Waals surface area (Å²) in [6.45, 7) is 3.93. The van der Waals surface area contributed by atoms with Crippen molar-refractivity contribution in [3.05, 3.63) is 40.3 Å². The van der Waals surface area contributed by atoms with Crippen molar-refractivity contribution >= 4 is 27.5 Å². The van der Waals surface area contributed by atoms with E-state index in [1.807, 2.05) is 25.3 Å². The molecule has 0 aliphatic carbocycles. The molecule has 0 nitrogen and oxygen atoms in total. The summed E-state index contributed by atoms with van der Waals surface area (Å²) in [7, 11) is 0. The molecule has 0 saturated carbocycles. The Hall–Kier alpha value is -1.29. The first-order valence-electron chi connectivity index (χ1n) is 5.11. The highest BCUT2D eigenvalue weighted by atomic mass is 32.1. The van der Waals surface area contributed by atoms with Crippen LogP contribution in [-0.2, 0) is 6.18 Å². The zero-order chi connectivity index (χ0) is 12.6. The Kier molecular flexibility index (Phi) is 3.00. The molecule has 0 bridgehead atoms. The Bertz CT molecular complexity index is 572. The van der Waals surface area contributed by atoms with Gasteiger partial charge in [0.25, 0.3) is 0 Å². The van der Waals surface area contributed by atoms with Gasteiger partial charge in [-0.2, -0.15) is 13.2 Å². The van der Waals surface area contributed by atoms with Gasteiger partial charge in [0, 0.05) is 4.70 Å². The summed E-state index contributed by atoms with van der Waals surface area (Å²) in [6.07, 6.45) is -2.29. The SMILES string of the molecule is CC(C)=Cc1csc2cc(C(F)(F)F)ccc12. The lowest BCUT2D eigenvalue weighted by atomic mass is 10.1. The average Bonchev–Trinajstić information content (AvgIpc) is 2.59. The van der Waals surface area contributed by atoms with Crippen molar-refractivity contribution in [3.63, 3.8) is 0 Å². The van der Waals surface area contributed by atoms with E-state index in [-0.39, 0.29) is 0 Å². The van der Waals surface area contributed by atoms with Crippen molar-refractivity contribution in [1.82, 2.24) is 0 Å². The van der Waals surface area contributed by atoms with Gasteiger partial charge in [-0.1, -0.05) is 17.7 Å². The molecule has 0 amide bonds. The van der Waals surface area contributed by atoms with Crippen molar-refractivity contribution in [2.75, 3.05) is 0 Å². The molecule has 1 aromatic carbocycles. The predicted octanol–water partition coefficient (Wildman–Crippen LogP) is 5.34. The topological polar surface area (TPSA) is 0 Å². The molecule has 1 heterocycles. The van der Waals surface area contributed by atoms with Crippen LogP contribution in [0, 0.1) is 0 Å². The van der Waals surface area contributed by atoms with Crippen LogP contribution in [0.25, 0.3) is 16.2 Å². The third-order valence-corrected chi connectivity index (χ3v) is 3.34. The highest BCUT2D eigenvalue weighted by Crippen LogP contribution is 2.35. The molecule has 0 saturated heterocycles. The van der Waals surface area contributed by atoms with Gasteiger partial charge in [-0.25, -0.2) is 0 Å². The molecule has 0 N–H and O–H groups in total. The summed E-state index contributed by atoms with van der Waals surface area (Å²) in [5.41, 5.74) is 1.53. The summed E-state index contributed by atoms with van der Waals surface area (Å²) in [5, 5.41) is 2.77. The summed E-state index contributed by atoms with van der Waals surface area (Å²) < 4.78 is 38.2. The molecule has 0 unspecified atom stereocenters. The fourth-order valence-corrected chi connectivity index (χ4v) is 2.60. The maximum absolute atomic E-state index is 12.5. The number of fused-ring (bicyclic) bond motifs is 1. The van der Waals surface area contributed by atoms with Crippen molar-refractivity contribution < 1.29 is 13.2 Å². The summed E-state index contributed by atoms with van der Waals surface area (Å²) >= 11 is 1.34. The van der Waals surface area contributed by atoms with Gasteiger partial charge in [-0.05, 0) is 42.3 Å². The van der Waals surface area contributed by atoms with Crippen LogP contribution in [0.5, 0.6) is 0 Å². The lowest BCUT2D eigenvalue weighted by Crippen LogP contribution is -2.03. The summed E-state index contributed by atoms with van der Waals surface area (Å²) in [6, 6.07) is 3.89. The van der Waals surface area contributed by atoms with E-state index >= 15 is 0 Å². The largest absolute Gasteiger partial charge is 0.416 e. The Balaban J connectivity index is 2.56. The Morgan fingerprint density at radius 1 is 1.24 bits per heavy atom. The summed E-state index contributed by atoms with van der Waals surface area (Å²) in [4.78, 5) is 0. The minimum absolute atomic E-state index is 0.587. The third kappa shape index (κ3) is 2.52. The molecule has 90 valence electrons. The van der Waals surface area contributed by atoms with Crippen molar-refractivity contribution in [1.29, 1.82) is 0 Å². The second-order valence-electron chi connectivity index (χ2n) is 4.12. The van der Waals surface area contributed by atoms with E-state index in [2.05, 4.69) is 0 Å². The first-order chi connectivity index (χ1) is 7.88. The van der Waals surface area contributed by atoms with E-state index in [0.717, 1.165) is 22.6 Å². The molecular weight excluding hydrogens is 245 g/mol. The molecule has 2 aromatic rings. The van der Waals surface area contributed by atoms with E-state index in [9.17, 15) is 13.2 Å². The quantitative estimate of drug-likeness (QED) is 0.645. The van der Waals surface area contributed by atoms with Crippen LogP contribution in [-0.4, -0.2) is 0 Å². The molecule has 4 heteroatoms. The maximum Gasteiger partial charge on any atom is 0.416 e. The average molecular weight is 256 g/mol. The van der Waals surface area contributed by atoms with Gasteiger partial charge < -0.3 is 0 Å². The number of benzene rings is 1. The molecule has 0 fully saturated rings. The number of rotatable bonds is 1. The number of halogens is 3. The monoisotopic (exact) mass is 256 g/mol. The van der Waals surface area contributed by atoms with Gasteiger partial charge in [0.15, 0.2) is 0 Å². The number of alkyl halides is 3. The van der Waals surface area contributed by atoms with Gasteiger partial charge in [0.2, 0.25) is 0 Å². The zero-order valence-corrected chi connectivity index (χ0v) is 10.2. The van der Waals surface area contributed by atoms with Crippen molar-refractivity contribution in [2.45, 2.75) is 20.0 Å². The summed E-state index contributed by atoms with van der Waals surface area (Å²) in [5.74, 6) is 0. The van der Waals surface area contributed by atoms with Gasteiger partial charge in [0.1, 0.15) is 0 Å². The fourth-order valence-electron chi connectivity index (χ4n) is 1.65. The van der Waals surface area contributed by atoms with E-state index < -0.39 is 11.7 Å². The smallest absolute Gasteiger partial charge is 0.166 e. The lowest BCUT2D eigenvalue weighted by molar-refractivity contribution is -0.137. The van der Waals surface area contributed by atoms with Gasteiger partial charge >= 0.3 is 6.18 Å².